The number of fused-ring (bicyclic) bond motifs is 1. The number of anilines is 1. The molecule has 3 atom stereocenters. The third kappa shape index (κ3) is 4.30. The Kier molecular flexibility index (Phi) is 6.22. The number of hydrogen-bond acceptors (Lipinski definition) is 8. The van der Waals surface area contributed by atoms with Crippen molar-refractivity contribution < 1.29 is 29.2 Å². The highest BCUT2D eigenvalue weighted by atomic mass is 32.2. The summed E-state index contributed by atoms with van der Waals surface area (Å²) in [6.45, 7) is 3.25. The summed E-state index contributed by atoms with van der Waals surface area (Å²) in [6.07, 6.45) is 0. The molecular weight excluding hydrogens is 462 g/mol. The van der Waals surface area contributed by atoms with Gasteiger partial charge in [-0.25, -0.2) is 0 Å². The Morgan fingerprint density at radius 2 is 1.88 bits per heavy atom. The topological polar surface area (TPSA) is 130 Å². The van der Waals surface area contributed by atoms with Crippen molar-refractivity contribution in [2.75, 3.05) is 17.2 Å². The van der Waals surface area contributed by atoms with Crippen molar-refractivity contribution in [1.82, 2.24) is 4.90 Å². The highest BCUT2D eigenvalue weighted by molar-refractivity contribution is 8.00. The fourth-order valence-corrected chi connectivity index (χ4v) is 5.62. The number of non-ortho nitro benzene ring substituents is 1. The van der Waals surface area contributed by atoms with Crippen LogP contribution in [0.25, 0.3) is 0 Å². The minimum Gasteiger partial charge on any atom is -0.508 e. The van der Waals surface area contributed by atoms with Crippen LogP contribution in [0.1, 0.15) is 19.4 Å². The largest absolute Gasteiger partial charge is 0.508 e. The van der Waals surface area contributed by atoms with Crippen molar-refractivity contribution >= 4 is 40.9 Å². The Bertz CT molecular complexity index is 1140. The number of aromatic hydroxyl groups is 1. The van der Waals surface area contributed by atoms with Gasteiger partial charge in [0.05, 0.1) is 10.3 Å². The van der Waals surface area contributed by atoms with Crippen LogP contribution < -0.4 is 4.90 Å². The molecule has 2 aromatic carbocycles. The molecule has 0 aliphatic carbocycles. The standard InChI is InChI=1S/C23H23N3O7S/c1-14(27)25(16-7-9-18(28)10-8-16)19-20(29)24-12-23(2,13-34-21(19)24)22(30)33-11-15-3-5-17(6-4-15)26(31)32/h3-10,19,21,28H,11-13H2,1-2H3/t19?,21-,23?/m1/s1. The van der Waals surface area contributed by atoms with Crippen LogP contribution in [0.4, 0.5) is 11.4 Å². The van der Waals surface area contributed by atoms with E-state index in [1.165, 1.54) is 60.0 Å². The Balaban J connectivity index is 1.41. The van der Waals surface area contributed by atoms with Crippen molar-refractivity contribution in [2.24, 2.45) is 5.41 Å². The first-order valence-corrected chi connectivity index (χ1v) is 11.6. The molecule has 1 N–H and O–H groups in total. The van der Waals surface area contributed by atoms with E-state index >= 15 is 0 Å². The molecule has 2 aliphatic heterocycles. The van der Waals surface area contributed by atoms with E-state index in [1.807, 2.05) is 0 Å². The van der Waals surface area contributed by atoms with Crippen molar-refractivity contribution in [1.29, 1.82) is 0 Å². The summed E-state index contributed by atoms with van der Waals surface area (Å²) in [5.41, 5.74) is 0.159. The average Bonchev–Trinajstić information content (AvgIpc) is 2.81. The lowest BCUT2D eigenvalue weighted by Gasteiger charge is -2.55. The van der Waals surface area contributed by atoms with E-state index in [-0.39, 0.29) is 41.8 Å². The number of nitro benzene ring substituents is 1. The molecule has 0 saturated carbocycles. The zero-order chi connectivity index (χ0) is 24.6. The minimum atomic E-state index is -0.928. The fraction of sp³-hybridized carbons (Fsp3) is 0.348. The monoisotopic (exact) mass is 485 g/mol. The quantitative estimate of drug-likeness (QED) is 0.286. The van der Waals surface area contributed by atoms with Gasteiger partial charge in [0, 0.05) is 37.0 Å². The average molecular weight is 486 g/mol. The van der Waals surface area contributed by atoms with Gasteiger partial charge in [-0.05, 0) is 48.9 Å². The lowest BCUT2D eigenvalue weighted by atomic mass is 9.89. The first-order chi connectivity index (χ1) is 16.1. The molecule has 0 bridgehead atoms. The zero-order valence-electron chi connectivity index (χ0n) is 18.5. The summed E-state index contributed by atoms with van der Waals surface area (Å²) in [5.74, 6) is -0.549. The molecule has 11 heteroatoms. The van der Waals surface area contributed by atoms with E-state index in [0.29, 0.717) is 17.0 Å². The number of ether oxygens (including phenoxy) is 1. The van der Waals surface area contributed by atoms with Gasteiger partial charge >= 0.3 is 5.97 Å². The van der Waals surface area contributed by atoms with Crippen LogP contribution >= 0.6 is 11.8 Å². The van der Waals surface area contributed by atoms with Crippen LogP contribution in [0, 0.1) is 15.5 Å². The van der Waals surface area contributed by atoms with Crippen LogP contribution in [-0.2, 0) is 25.7 Å². The molecule has 10 nitrogen and oxygen atoms in total. The Morgan fingerprint density at radius 3 is 2.47 bits per heavy atom. The van der Waals surface area contributed by atoms with Gasteiger partial charge in [0.25, 0.3) is 5.69 Å². The molecule has 0 aromatic heterocycles. The summed E-state index contributed by atoms with van der Waals surface area (Å²) in [4.78, 5) is 51.5. The molecule has 2 aliphatic rings. The maximum atomic E-state index is 13.0. The molecule has 34 heavy (non-hydrogen) atoms. The molecule has 2 amide bonds. The number of amides is 2. The first kappa shape index (κ1) is 23.6. The van der Waals surface area contributed by atoms with Crippen LogP contribution in [0.5, 0.6) is 5.75 Å². The van der Waals surface area contributed by atoms with Gasteiger partial charge < -0.3 is 14.7 Å². The van der Waals surface area contributed by atoms with Crippen molar-refractivity contribution in [2.45, 2.75) is 31.9 Å². The molecule has 4 rings (SSSR count). The molecule has 2 unspecified atom stereocenters. The third-order valence-corrected chi connectivity index (χ3v) is 7.62. The lowest BCUT2D eigenvalue weighted by molar-refractivity contribution is -0.384. The number of esters is 1. The lowest BCUT2D eigenvalue weighted by Crippen LogP contribution is -2.74. The van der Waals surface area contributed by atoms with E-state index in [0.717, 1.165) is 0 Å². The number of carbonyl (C=O) groups is 3. The molecule has 2 heterocycles. The van der Waals surface area contributed by atoms with Gasteiger partial charge in [-0.3, -0.25) is 29.4 Å². The van der Waals surface area contributed by atoms with Gasteiger partial charge in [0.1, 0.15) is 23.8 Å². The number of carbonyl (C=O) groups excluding carboxylic acids is 3. The van der Waals surface area contributed by atoms with Crippen LogP contribution in [0.2, 0.25) is 0 Å². The Hall–Kier alpha value is -3.60. The van der Waals surface area contributed by atoms with Gasteiger partial charge in [0.15, 0.2) is 0 Å². The van der Waals surface area contributed by atoms with Crippen molar-refractivity contribution in [3.63, 3.8) is 0 Å². The molecule has 2 fully saturated rings. The summed E-state index contributed by atoms with van der Waals surface area (Å²) < 4.78 is 5.46. The molecular formula is C23H23N3O7S. The Morgan fingerprint density at radius 1 is 1.24 bits per heavy atom. The zero-order valence-corrected chi connectivity index (χ0v) is 19.4. The van der Waals surface area contributed by atoms with Crippen LogP contribution in [0.3, 0.4) is 0 Å². The smallest absolute Gasteiger partial charge is 0.314 e. The summed E-state index contributed by atoms with van der Waals surface area (Å²) >= 11 is 1.42. The predicted octanol–water partition coefficient (Wildman–Crippen LogP) is 2.69. The number of phenols is 1. The van der Waals surface area contributed by atoms with Crippen molar-refractivity contribution in [3.8, 4) is 5.75 Å². The molecule has 2 aromatic rings. The van der Waals surface area contributed by atoms with Gasteiger partial charge in [0.2, 0.25) is 11.8 Å². The highest BCUT2D eigenvalue weighted by Gasteiger charge is 2.58. The van der Waals surface area contributed by atoms with E-state index in [9.17, 15) is 29.6 Å². The number of phenolic OH excluding ortho intramolecular Hbond substituents is 1. The summed E-state index contributed by atoms with van der Waals surface area (Å²) in [6, 6.07) is 11.1. The second-order valence-corrected chi connectivity index (χ2v) is 9.68. The normalized spacial score (nSPS) is 23.5. The number of nitro groups is 1. The molecule has 178 valence electrons. The number of β-lactam (4-membered cyclic amide) rings is 1. The van der Waals surface area contributed by atoms with Gasteiger partial charge in [-0.1, -0.05) is 0 Å². The number of rotatable bonds is 6. The Labute approximate surface area is 199 Å². The molecule has 0 radical (unpaired) electrons. The first-order valence-electron chi connectivity index (χ1n) is 10.5. The summed E-state index contributed by atoms with van der Waals surface area (Å²) in [5, 5.41) is 20.0. The maximum Gasteiger partial charge on any atom is 0.314 e. The van der Waals surface area contributed by atoms with E-state index in [2.05, 4.69) is 0 Å². The van der Waals surface area contributed by atoms with Gasteiger partial charge in [-0.2, -0.15) is 0 Å². The minimum absolute atomic E-state index is 0.0317. The van der Waals surface area contributed by atoms with E-state index < -0.39 is 22.3 Å². The second kappa shape index (κ2) is 8.98. The molecule has 0 spiro atoms. The number of thioether (sulfide) groups is 1. The second-order valence-electron chi connectivity index (χ2n) is 8.58. The number of benzene rings is 2. The summed E-state index contributed by atoms with van der Waals surface area (Å²) in [7, 11) is 0. The van der Waals surface area contributed by atoms with Crippen LogP contribution in [0.15, 0.2) is 48.5 Å². The van der Waals surface area contributed by atoms with Gasteiger partial charge in [-0.15, -0.1) is 11.8 Å². The SMILES string of the molecule is CC(=O)N(c1ccc(O)cc1)C1C(=O)N2CC(C)(C(=O)OCc3ccc([N+](=O)[O-])cc3)CS[C@H]12. The number of nitrogens with zero attached hydrogens (tertiary/aromatic N) is 3. The van der Waals surface area contributed by atoms with Crippen molar-refractivity contribution in [3.05, 3.63) is 64.2 Å². The third-order valence-electron chi connectivity index (χ3n) is 5.96. The van der Waals surface area contributed by atoms with E-state index in [4.69, 9.17) is 4.74 Å². The maximum absolute atomic E-state index is 13.0. The predicted molar refractivity (Wildman–Crippen MR) is 124 cm³/mol. The van der Waals surface area contributed by atoms with Crippen LogP contribution in [-0.4, -0.2) is 56.4 Å². The van der Waals surface area contributed by atoms with E-state index in [1.54, 1.807) is 24.0 Å². The fourth-order valence-electron chi connectivity index (χ4n) is 4.10. The number of hydrogen-bond donors (Lipinski definition) is 1. The molecule has 2 saturated heterocycles. The highest BCUT2D eigenvalue weighted by Crippen LogP contribution is 2.45.